The highest BCUT2D eigenvalue weighted by Crippen LogP contribution is 2.32. The number of oxazole rings is 1. The molecule has 0 radical (unpaired) electrons. The summed E-state index contributed by atoms with van der Waals surface area (Å²) in [5.41, 5.74) is 0.737. The molecule has 294 valence electrons. The van der Waals surface area contributed by atoms with Crippen molar-refractivity contribution in [2.45, 2.75) is 165 Å². The molecule has 3 aliphatic heterocycles. The van der Waals surface area contributed by atoms with Gasteiger partial charge in [-0.25, -0.2) is 14.6 Å². The lowest BCUT2D eigenvalue weighted by Crippen LogP contribution is -2.42. The molecule has 0 saturated carbocycles. The van der Waals surface area contributed by atoms with Crippen LogP contribution in [-0.2, 0) is 44.4 Å². The number of nitrogens with one attached hydrogen (secondary N) is 1. The molecule has 53 heavy (non-hydrogen) atoms. The monoisotopic (exact) mass is 740 g/mol. The number of methoxy groups -OCH3 is 2. The largest absolute Gasteiger partial charge is 0.462 e. The number of hydrogen-bond acceptors (Lipinski definition) is 11. The second-order valence-electron chi connectivity index (χ2n) is 14.4. The van der Waals surface area contributed by atoms with Crippen molar-refractivity contribution in [2.75, 3.05) is 20.8 Å². The zero-order valence-electron chi connectivity index (χ0n) is 31.7. The molecule has 3 saturated heterocycles. The van der Waals surface area contributed by atoms with E-state index in [1.165, 1.54) is 19.6 Å². The van der Waals surface area contributed by atoms with Gasteiger partial charge in [0.1, 0.15) is 18.5 Å². The fourth-order valence-electron chi connectivity index (χ4n) is 7.40. The Morgan fingerprint density at radius 3 is 2.45 bits per heavy atom. The summed E-state index contributed by atoms with van der Waals surface area (Å²) in [6, 6.07) is 0. The van der Waals surface area contributed by atoms with Gasteiger partial charge in [-0.05, 0) is 70.3 Å². The Kier molecular flexibility index (Phi) is 19.0. The van der Waals surface area contributed by atoms with E-state index in [9.17, 15) is 14.4 Å². The number of aromatic nitrogens is 1. The van der Waals surface area contributed by atoms with Crippen molar-refractivity contribution < 1.29 is 47.2 Å². The number of cyclic esters (lactones) is 1. The Balaban J connectivity index is 1.29. The smallest absolute Gasteiger partial charge is 0.407 e. The number of esters is 2. The summed E-state index contributed by atoms with van der Waals surface area (Å²) in [5.74, 6) is 2.41. The number of carbonyl (C=O) groups excluding carboxylic acids is 3. The van der Waals surface area contributed by atoms with Crippen LogP contribution in [0.1, 0.15) is 127 Å². The van der Waals surface area contributed by atoms with E-state index in [0.29, 0.717) is 44.4 Å². The molecule has 4 bridgehead atoms. The van der Waals surface area contributed by atoms with Crippen LogP contribution in [0, 0.1) is 12.3 Å². The second kappa shape index (κ2) is 23.9. The van der Waals surface area contributed by atoms with Crippen molar-refractivity contribution in [1.29, 1.82) is 0 Å². The Morgan fingerprint density at radius 2 is 1.66 bits per heavy atom. The SMILES string of the molecule is C#CCCCCCCCC[C@H]1CC2CCCC(C[C@@H](OC)CC3C[C@@H](OC(=O)/C=C\CCc4coc(/C=C\CNC(=O)OC)n4)CC(CC(=O)O1)O3)O2. The van der Waals surface area contributed by atoms with Crippen LogP contribution in [0.3, 0.4) is 0 Å². The minimum Gasteiger partial charge on any atom is -0.462 e. The lowest BCUT2D eigenvalue weighted by molar-refractivity contribution is -0.171. The number of carbonyl (C=O) groups is 3. The average Bonchev–Trinajstić information content (AvgIpc) is 3.59. The molecular weight excluding hydrogens is 680 g/mol. The van der Waals surface area contributed by atoms with Crippen molar-refractivity contribution in [1.82, 2.24) is 10.3 Å². The topological polar surface area (TPSA) is 145 Å². The van der Waals surface area contributed by atoms with Gasteiger partial charge in [-0.3, -0.25) is 4.79 Å². The van der Waals surface area contributed by atoms with E-state index in [1.807, 2.05) is 0 Å². The summed E-state index contributed by atoms with van der Waals surface area (Å²) in [4.78, 5) is 41.8. The molecule has 0 aliphatic carbocycles. The number of terminal acetylenes is 1. The van der Waals surface area contributed by atoms with Gasteiger partial charge in [-0.15, -0.1) is 12.3 Å². The molecule has 3 fully saturated rings. The van der Waals surface area contributed by atoms with E-state index < -0.39 is 24.3 Å². The predicted molar refractivity (Wildman–Crippen MR) is 199 cm³/mol. The first kappa shape index (κ1) is 42.1. The van der Waals surface area contributed by atoms with Gasteiger partial charge in [0.15, 0.2) is 0 Å². The van der Waals surface area contributed by atoms with E-state index in [2.05, 4.69) is 21.0 Å². The molecule has 12 nitrogen and oxygen atoms in total. The molecule has 0 aromatic carbocycles. The van der Waals surface area contributed by atoms with Crippen LogP contribution in [0.15, 0.2) is 28.9 Å². The molecule has 1 aromatic rings. The highest BCUT2D eigenvalue weighted by Gasteiger charge is 2.37. The molecule has 7 atom stereocenters. The number of aryl methyl sites for hydroxylation is 1. The van der Waals surface area contributed by atoms with Crippen molar-refractivity contribution in [2.24, 2.45) is 0 Å². The summed E-state index contributed by atoms with van der Waals surface area (Å²) >= 11 is 0. The minimum absolute atomic E-state index is 0.0714. The standard InChI is InChI=1S/C41H60N2O10/c1-4-5-6-7-8-9-10-11-17-33-23-31-18-14-19-32(50-31)24-34(47-2)25-35-26-36(27-37(51-35)28-40(45)52-33)53-39(44)21-13-12-16-30-29-49-38(43-30)20-15-22-42-41(46)48-3/h1,13,15,20-21,29,31-37H,5-12,14,16-19,22-28H2,2-3H3,(H,42,46)/b20-15-,21-13-/t31?,32?,33-,34+,35?,36+,37?/m0/s1. The lowest BCUT2D eigenvalue weighted by Gasteiger charge is -2.38. The third-order valence-electron chi connectivity index (χ3n) is 10.1. The van der Waals surface area contributed by atoms with Crippen molar-refractivity contribution in [3.8, 4) is 12.3 Å². The Bertz CT molecular complexity index is 1350. The van der Waals surface area contributed by atoms with E-state index in [-0.39, 0.29) is 49.5 Å². The van der Waals surface area contributed by atoms with E-state index in [4.69, 9.17) is 34.5 Å². The maximum Gasteiger partial charge on any atom is 0.407 e. The zero-order valence-corrected chi connectivity index (χ0v) is 31.7. The Morgan fingerprint density at radius 1 is 0.943 bits per heavy atom. The quantitative estimate of drug-likeness (QED) is 0.0570. The van der Waals surface area contributed by atoms with Gasteiger partial charge < -0.3 is 38.2 Å². The number of amides is 1. The first-order valence-electron chi connectivity index (χ1n) is 19.6. The van der Waals surface area contributed by atoms with Crippen LogP contribution >= 0.6 is 0 Å². The maximum absolute atomic E-state index is 13.4. The van der Waals surface area contributed by atoms with Gasteiger partial charge in [0.2, 0.25) is 5.89 Å². The molecule has 3 aliphatic rings. The molecule has 4 rings (SSSR count). The number of hydrogen-bond donors (Lipinski definition) is 1. The summed E-state index contributed by atoms with van der Waals surface area (Å²) in [6.45, 7) is 0.285. The highest BCUT2D eigenvalue weighted by molar-refractivity contribution is 5.82. The van der Waals surface area contributed by atoms with Crippen molar-refractivity contribution in [3.63, 3.8) is 0 Å². The third kappa shape index (κ3) is 16.5. The number of unbranched alkanes of at least 4 members (excludes halogenated alkanes) is 6. The molecule has 4 unspecified atom stereocenters. The van der Waals surface area contributed by atoms with Crippen LogP contribution in [0.4, 0.5) is 4.79 Å². The van der Waals surface area contributed by atoms with Gasteiger partial charge in [-0.2, -0.15) is 0 Å². The summed E-state index contributed by atoms with van der Waals surface area (Å²) in [7, 11) is 3.02. The van der Waals surface area contributed by atoms with Gasteiger partial charge >= 0.3 is 18.0 Å². The van der Waals surface area contributed by atoms with E-state index >= 15 is 0 Å². The first-order valence-corrected chi connectivity index (χ1v) is 19.6. The van der Waals surface area contributed by atoms with Crippen LogP contribution < -0.4 is 5.32 Å². The van der Waals surface area contributed by atoms with Crippen molar-refractivity contribution in [3.05, 3.63) is 36.1 Å². The highest BCUT2D eigenvalue weighted by atomic mass is 16.6. The minimum atomic E-state index is -0.517. The number of allylic oxidation sites excluding steroid dienone is 1. The summed E-state index contributed by atoms with van der Waals surface area (Å²) < 4.78 is 41.0. The Labute approximate surface area is 315 Å². The van der Waals surface area contributed by atoms with Crippen LogP contribution in [0.25, 0.3) is 6.08 Å². The fourth-order valence-corrected chi connectivity index (χ4v) is 7.40. The van der Waals surface area contributed by atoms with Crippen molar-refractivity contribution >= 4 is 24.1 Å². The van der Waals surface area contributed by atoms with Crippen LogP contribution in [-0.4, -0.2) is 86.5 Å². The fraction of sp³-hybridized carbons (Fsp3) is 0.707. The molecule has 12 heteroatoms. The number of ether oxygens (including phenoxy) is 6. The number of rotatable bonds is 17. The molecule has 1 amide bonds. The number of fused-ring (bicyclic) bond motifs is 4. The first-order chi connectivity index (χ1) is 25.8. The zero-order chi connectivity index (χ0) is 37.7. The third-order valence-corrected chi connectivity index (χ3v) is 10.1. The number of nitrogens with zero attached hydrogens (tertiary/aromatic N) is 1. The van der Waals surface area contributed by atoms with Gasteiger partial charge in [0.05, 0.1) is 49.7 Å². The van der Waals surface area contributed by atoms with Crippen LogP contribution in [0.2, 0.25) is 0 Å². The van der Waals surface area contributed by atoms with Gasteiger partial charge in [0, 0.05) is 45.4 Å². The lowest BCUT2D eigenvalue weighted by atomic mass is 9.91. The second-order valence-corrected chi connectivity index (χ2v) is 14.4. The predicted octanol–water partition coefficient (Wildman–Crippen LogP) is 7.18. The maximum atomic E-state index is 13.4. The normalized spacial score (nSPS) is 26.7. The Hall–Kier alpha value is -3.66. The summed E-state index contributed by atoms with van der Waals surface area (Å²) in [6.07, 6.45) is 27.4. The van der Waals surface area contributed by atoms with E-state index in [1.54, 1.807) is 31.6 Å². The molecule has 1 aromatic heterocycles. The average molecular weight is 741 g/mol. The van der Waals surface area contributed by atoms with Crippen LogP contribution in [0.5, 0.6) is 0 Å². The molecule has 4 heterocycles. The van der Waals surface area contributed by atoms with Gasteiger partial charge in [0.25, 0.3) is 0 Å². The summed E-state index contributed by atoms with van der Waals surface area (Å²) in [5, 5.41) is 2.54. The molecular formula is C41H60N2O10. The van der Waals surface area contributed by atoms with E-state index in [0.717, 1.165) is 76.3 Å². The molecule has 0 spiro atoms. The van der Waals surface area contributed by atoms with Gasteiger partial charge in [-0.1, -0.05) is 37.8 Å². The number of alkyl carbamates (subject to hydrolysis) is 1. The molecule has 1 N–H and O–H groups in total.